The van der Waals surface area contributed by atoms with Gasteiger partial charge in [0, 0.05) is 12.1 Å². The number of Topliss-reactive ketones (excluding diaryl/α,β-unsaturated/α-hetero) is 1. The fourth-order valence-electron chi connectivity index (χ4n) is 1.28. The van der Waals surface area contributed by atoms with Gasteiger partial charge >= 0.3 is 64.9 Å². The van der Waals surface area contributed by atoms with E-state index in [1.165, 1.54) is 0 Å². The zero-order valence-electron chi connectivity index (χ0n) is 14.6. The minimum atomic E-state index is -1.33. The van der Waals surface area contributed by atoms with E-state index in [0.717, 1.165) is 12.1 Å². The molecule has 0 fully saturated rings. The predicted octanol–water partition coefficient (Wildman–Crippen LogP) is 8.27. The van der Waals surface area contributed by atoms with Crippen LogP contribution in [0.5, 0.6) is 0 Å². The maximum atomic E-state index is 12.8. The van der Waals surface area contributed by atoms with Gasteiger partial charge in [0.25, 0.3) is 0 Å². The summed E-state index contributed by atoms with van der Waals surface area (Å²) in [6.45, 7) is 0. The van der Waals surface area contributed by atoms with Crippen LogP contribution in [-0.4, -0.2) is 22.8 Å². The molecule has 2 aromatic carbocycles. The van der Waals surface area contributed by atoms with Gasteiger partial charge in [-0.2, -0.15) is 0 Å². The van der Waals surface area contributed by atoms with Gasteiger partial charge in [0.05, 0.1) is 17.3 Å². The second kappa shape index (κ2) is 19.3. The Bertz CT molecular complexity index is 863. The molecule has 0 saturated carbocycles. The first kappa shape index (κ1) is 34.2. The van der Waals surface area contributed by atoms with Gasteiger partial charge in [-0.1, -0.05) is 0 Å². The van der Waals surface area contributed by atoms with Gasteiger partial charge in [-0.05, 0) is 29.8 Å². The fourth-order valence-corrected chi connectivity index (χ4v) is 1.42. The molecule has 0 N–H and O–H groups in total. The van der Waals surface area contributed by atoms with Crippen LogP contribution in [0.3, 0.4) is 0 Å². The van der Waals surface area contributed by atoms with Gasteiger partial charge in [-0.3, -0.25) is 9.59 Å². The number of carbonyl (C=O) groups is 2. The third-order valence-electron chi connectivity index (χ3n) is 2.42. The first-order chi connectivity index (χ1) is 14.3. The van der Waals surface area contributed by atoms with Gasteiger partial charge < -0.3 is 0 Å². The Morgan fingerprint density at radius 3 is 1.52 bits per heavy atom. The minimum absolute atomic E-state index is 0.0957. The average molecular weight is 885 g/mol. The first-order valence-corrected chi connectivity index (χ1v) is 22.1. The van der Waals surface area contributed by atoms with Crippen LogP contribution in [0.2, 0.25) is 0 Å². The Morgan fingerprint density at radius 1 is 0.742 bits per heavy atom. The van der Waals surface area contributed by atoms with Gasteiger partial charge in [0.1, 0.15) is 11.6 Å². The number of alkyl halides is 2. The van der Waals surface area contributed by atoms with E-state index in [1.807, 2.05) is 0 Å². The Kier molecular flexibility index (Phi) is 21.3. The second-order valence-electron chi connectivity index (χ2n) is 4.54. The van der Waals surface area contributed by atoms with Crippen molar-refractivity contribution in [3.05, 3.63) is 70.8 Å². The number of ketones is 1. The molecule has 0 unspecified atom stereocenters. The van der Waals surface area contributed by atoms with Crippen LogP contribution in [-0.2, 0) is 9.72 Å². The summed E-state index contributed by atoms with van der Waals surface area (Å²) in [5.41, 5.74) is -0.533. The molecule has 0 aliphatic heterocycles. The van der Waals surface area contributed by atoms with Gasteiger partial charge in [0.15, 0.2) is 29.1 Å². The second-order valence-corrected chi connectivity index (χ2v) is 40.9. The summed E-state index contributed by atoms with van der Waals surface area (Å²) in [6, 6.07) is 2.91. The average Bonchev–Trinajstić information content (AvgIpc) is 2.67. The SMILES string of the molecule is Fc1ccc(F)c(F)c1.O=C(CCl)c1cc(F)c(F)cc1F.O=C(Cl)CCl.[I][V]([I])[I]. The first-order valence-electron chi connectivity index (χ1n) is 7.12. The topological polar surface area (TPSA) is 34.1 Å². The fraction of sp³-hybridized carbons (Fsp3) is 0.125. The van der Waals surface area contributed by atoms with E-state index in [2.05, 4.69) is 59.9 Å². The molecule has 31 heavy (non-hydrogen) atoms. The quantitative estimate of drug-likeness (QED) is 0.0778. The van der Waals surface area contributed by atoms with E-state index >= 15 is 0 Å². The third-order valence-corrected chi connectivity index (χ3v) is 3.17. The molecule has 0 aromatic heterocycles. The van der Waals surface area contributed by atoms with Crippen molar-refractivity contribution < 1.29 is 40.9 Å². The van der Waals surface area contributed by atoms with Crippen molar-refractivity contribution in [1.29, 1.82) is 0 Å². The van der Waals surface area contributed by atoms with Crippen LogP contribution in [0.15, 0.2) is 30.3 Å². The van der Waals surface area contributed by atoms with Crippen molar-refractivity contribution in [2.24, 2.45) is 0 Å². The molecular weight excluding hydrogens is 876 g/mol. The van der Waals surface area contributed by atoms with Crippen molar-refractivity contribution in [3.8, 4) is 0 Å². The number of benzene rings is 2. The monoisotopic (exact) mass is 884 g/mol. The molecule has 0 spiro atoms. The molecule has 2 aromatic rings. The van der Waals surface area contributed by atoms with Crippen molar-refractivity contribution >= 4 is 106 Å². The van der Waals surface area contributed by atoms with Gasteiger partial charge in [0.2, 0.25) is 5.24 Å². The van der Waals surface area contributed by atoms with E-state index in [9.17, 15) is 35.9 Å². The molecule has 0 aliphatic carbocycles. The molecule has 0 radical (unpaired) electrons. The van der Waals surface area contributed by atoms with Crippen LogP contribution in [0.4, 0.5) is 26.3 Å². The van der Waals surface area contributed by atoms with E-state index in [-0.39, 0.29) is 10.8 Å². The number of rotatable bonds is 3. The molecule has 0 heterocycles. The Balaban J connectivity index is 0. The Hall–Kier alpha value is 1.00. The molecule has 0 aliphatic rings. The molecular formula is C16H9Cl3F6I3O2V. The summed E-state index contributed by atoms with van der Waals surface area (Å²) in [7, 11) is 0. The van der Waals surface area contributed by atoms with Crippen LogP contribution in [0.1, 0.15) is 10.4 Å². The van der Waals surface area contributed by atoms with Crippen LogP contribution in [0, 0.1) is 34.9 Å². The number of carbonyl (C=O) groups excluding carboxylic acids is 2. The molecule has 0 bridgehead atoms. The molecule has 2 nitrogen and oxygen atoms in total. The molecule has 0 amide bonds. The summed E-state index contributed by atoms with van der Waals surface area (Å²) in [5, 5.41) is -0.508. The van der Waals surface area contributed by atoms with E-state index in [1.54, 1.807) is 0 Å². The third kappa shape index (κ3) is 18.1. The summed E-state index contributed by atoms with van der Waals surface area (Å²) >= 11 is 22.1. The molecule has 0 atom stereocenters. The Morgan fingerprint density at radius 2 is 1.16 bits per heavy atom. The Labute approximate surface area is 226 Å². The molecule has 15 heteroatoms. The predicted molar refractivity (Wildman–Crippen MR) is 131 cm³/mol. The molecule has 0 saturated heterocycles. The number of hydrogen-bond acceptors (Lipinski definition) is 2. The standard InChI is InChI=1S/C8H4ClF3O.C6H3F3.C2H2Cl2O.3HI.V/c9-3-8(13)4-1-6(11)7(12)2-5(4)10;7-4-1-2-5(8)6(9)3-4;3-1-2(4)5;;;;/h1-2H,3H2;1-3H;1H2;3*1H;/q;;;;;;+3/p-3. The van der Waals surface area contributed by atoms with Crippen LogP contribution < -0.4 is 0 Å². The zero-order chi connectivity index (χ0) is 24.7. The van der Waals surface area contributed by atoms with E-state index in [4.69, 9.17) is 34.8 Å². The van der Waals surface area contributed by atoms with Crippen molar-refractivity contribution in [2.75, 3.05) is 11.8 Å². The van der Waals surface area contributed by atoms with Crippen LogP contribution in [0.25, 0.3) is 0 Å². The summed E-state index contributed by atoms with van der Waals surface area (Å²) < 4.78 is 73.5. The van der Waals surface area contributed by atoms with Crippen molar-refractivity contribution in [2.45, 2.75) is 0 Å². The number of hydrogen-bond donors (Lipinski definition) is 0. The molecule has 2 rings (SSSR count). The van der Waals surface area contributed by atoms with E-state index in [0.29, 0.717) is 18.2 Å². The van der Waals surface area contributed by atoms with E-state index < -0.39 is 57.4 Å². The van der Waals surface area contributed by atoms with Gasteiger partial charge in [-0.15, -0.1) is 23.2 Å². The van der Waals surface area contributed by atoms with Crippen molar-refractivity contribution in [1.82, 2.24) is 0 Å². The van der Waals surface area contributed by atoms with Crippen LogP contribution >= 0.6 is 94.7 Å². The molecule has 174 valence electrons. The summed E-state index contributed by atoms with van der Waals surface area (Å²) in [6.07, 6.45) is 0. The number of halogens is 12. The van der Waals surface area contributed by atoms with Crippen molar-refractivity contribution in [3.63, 3.8) is 0 Å². The summed E-state index contributed by atoms with van der Waals surface area (Å²) in [4.78, 5) is 20.0. The zero-order valence-corrected chi connectivity index (χ0v) is 24.7. The maximum absolute atomic E-state index is 12.8. The van der Waals surface area contributed by atoms with Gasteiger partial charge in [-0.25, -0.2) is 26.3 Å². The normalized spacial score (nSPS) is 9.45. The summed E-state index contributed by atoms with van der Waals surface area (Å²) in [5.74, 6) is -8.01.